The summed E-state index contributed by atoms with van der Waals surface area (Å²) in [7, 11) is 0. The summed E-state index contributed by atoms with van der Waals surface area (Å²) in [6.07, 6.45) is 3.20. The van der Waals surface area contributed by atoms with Crippen LogP contribution in [-0.2, 0) is 9.53 Å². The second-order valence-electron chi connectivity index (χ2n) is 6.13. The van der Waals surface area contributed by atoms with Gasteiger partial charge in [0.05, 0.1) is 10.5 Å². The van der Waals surface area contributed by atoms with E-state index in [0.717, 1.165) is 10.0 Å². The monoisotopic (exact) mass is 471 g/mol. The first-order chi connectivity index (χ1) is 13.9. The molecule has 1 aliphatic heterocycles. The first-order valence-corrected chi connectivity index (χ1v) is 9.53. The summed E-state index contributed by atoms with van der Waals surface area (Å²) in [4.78, 5) is 22.7. The zero-order valence-electron chi connectivity index (χ0n) is 14.6. The molecule has 3 aromatic rings. The van der Waals surface area contributed by atoms with E-state index < -0.39 is 10.9 Å². The summed E-state index contributed by atoms with van der Waals surface area (Å²) in [5, 5.41) is 11.1. The number of ether oxygens (including phenoxy) is 1. The van der Waals surface area contributed by atoms with Gasteiger partial charge in [-0.3, -0.25) is 10.1 Å². The van der Waals surface area contributed by atoms with E-state index in [0.29, 0.717) is 28.4 Å². The van der Waals surface area contributed by atoms with Crippen molar-refractivity contribution in [1.29, 1.82) is 0 Å². The van der Waals surface area contributed by atoms with Gasteiger partial charge in [0.15, 0.2) is 0 Å². The van der Waals surface area contributed by atoms with E-state index in [9.17, 15) is 14.9 Å². The van der Waals surface area contributed by atoms with E-state index >= 15 is 0 Å². The van der Waals surface area contributed by atoms with Crippen LogP contribution in [0.15, 0.2) is 75.1 Å². The quantitative estimate of drug-likeness (QED) is 0.194. The van der Waals surface area contributed by atoms with Gasteiger partial charge in [0.2, 0.25) is 0 Å². The standard InChI is InChI=1S/C21H11BrClNO5/c22-15-4-1-12(2-5-15)20-11-14(21(25)29-20)9-16-6-8-19(28-16)13-3-7-17(23)18(10-13)24(26)27/h1-11H/b14-9-. The Balaban J connectivity index is 1.62. The van der Waals surface area contributed by atoms with Crippen molar-refractivity contribution in [1.82, 2.24) is 0 Å². The van der Waals surface area contributed by atoms with Crippen LogP contribution < -0.4 is 0 Å². The number of nitrogens with zero attached hydrogens (tertiary/aromatic N) is 1. The topological polar surface area (TPSA) is 82.6 Å². The lowest BCUT2D eigenvalue weighted by Gasteiger charge is -2.01. The van der Waals surface area contributed by atoms with Crippen molar-refractivity contribution in [2.75, 3.05) is 0 Å². The third-order valence-electron chi connectivity index (χ3n) is 4.21. The van der Waals surface area contributed by atoms with E-state index in [-0.39, 0.29) is 10.7 Å². The van der Waals surface area contributed by atoms with Crippen molar-refractivity contribution in [2.45, 2.75) is 0 Å². The molecule has 144 valence electrons. The molecular formula is C21H11BrClNO5. The largest absolute Gasteiger partial charge is 0.457 e. The second kappa shape index (κ2) is 7.69. The van der Waals surface area contributed by atoms with Gasteiger partial charge < -0.3 is 9.15 Å². The minimum absolute atomic E-state index is 0.0481. The van der Waals surface area contributed by atoms with Gasteiger partial charge >= 0.3 is 5.97 Å². The Labute approximate surface area is 178 Å². The van der Waals surface area contributed by atoms with Crippen LogP contribution >= 0.6 is 27.5 Å². The smallest absolute Gasteiger partial charge is 0.343 e. The molecule has 6 nitrogen and oxygen atoms in total. The van der Waals surface area contributed by atoms with E-state index in [2.05, 4.69) is 15.9 Å². The number of nitro benzene ring substituents is 1. The Bertz CT molecular complexity index is 1190. The molecule has 0 amide bonds. The van der Waals surface area contributed by atoms with Crippen LogP contribution in [0.4, 0.5) is 5.69 Å². The number of rotatable bonds is 4. The number of halogens is 2. The molecule has 1 aromatic heterocycles. The van der Waals surface area contributed by atoms with Crippen molar-refractivity contribution in [3.63, 3.8) is 0 Å². The number of carbonyl (C=O) groups excluding carboxylic acids is 1. The van der Waals surface area contributed by atoms with Crippen molar-refractivity contribution in [3.8, 4) is 11.3 Å². The summed E-state index contributed by atoms with van der Waals surface area (Å²) in [5.74, 6) is 0.801. The lowest BCUT2D eigenvalue weighted by Crippen LogP contribution is -1.96. The molecule has 0 fully saturated rings. The molecule has 4 rings (SSSR count). The molecule has 0 saturated heterocycles. The lowest BCUT2D eigenvalue weighted by molar-refractivity contribution is -0.384. The Morgan fingerprint density at radius 3 is 2.48 bits per heavy atom. The Kier molecular flexibility index (Phi) is 5.08. The molecular weight excluding hydrogens is 462 g/mol. The van der Waals surface area contributed by atoms with Gasteiger partial charge in [-0.1, -0.05) is 39.7 Å². The van der Waals surface area contributed by atoms with E-state index in [1.165, 1.54) is 12.1 Å². The molecule has 0 spiro atoms. The summed E-state index contributed by atoms with van der Waals surface area (Å²) in [5.41, 5.74) is 1.41. The molecule has 2 heterocycles. The highest BCUT2D eigenvalue weighted by Crippen LogP contribution is 2.33. The minimum atomic E-state index is -0.555. The van der Waals surface area contributed by atoms with Crippen LogP contribution in [0.2, 0.25) is 5.02 Å². The third kappa shape index (κ3) is 4.01. The van der Waals surface area contributed by atoms with Gasteiger partial charge in [-0.05, 0) is 48.6 Å². The average Bonchev–Trinajstić information content (AvgIpc) is 3.30. The Morgan fingerprint density at radius 1 is 1.03 bits per heavy atom. The molecule has 0 saturated carbocycles. The predicted octanol–water partition coefficient (Wildman–Crippen LogP) is 6.25. The van der Waals surface area contributed by atoms with Gasteiger partial charge in [-0.25, -0.2) is 4.79 Å². The molecule has 0 N–H and O–H groups in total. The summed E-state index contributed by atoms with van der Waals surface area (Å²) in [6.45, 7) is 0. The molecule has 1 aliphatic rings. The highest BCUT2D eigenvalue weighted by atomic mass is 79.9. The van der Waals surface area contributed by atoms with Gasteiger partial charge in [0.25, 0.3) is 5.69 Å². The molecule has 2 aromatic carbocycles. The molecule has 0 aliphatic carbocycles. The highest BCUT2D eigenvalue weighted by molar-refractivity contribution is 9.10. The van der Waals surface area contributed by atoms with Crippen LogP contribution in [0.1, 0.15) is 11.3 Å². The van der Waals surface area contributed by atoms with Crippen LogP contribution in [0.5, 0.6) is 0 Å². The van der Waals surface area contributed by atoms with Crippen molar-refractivity contribution < 1.29 is 18.9 Å². The van der Waals surface area contributed by atoms with Gasteiger partial charge in [-0.15, -0.1) is 0 Å². The Hall–Kier alpha value is -3.16. The van der Waals surface area contributed by atoms with Crippen molar-refractivity contribution in [2.24, 2.45) is 0 Å². The number of hydrogen-bond donors (Lipinski definition) is 0. The lowest BCUT2D eigenvalue weighted by atomic mass is 10.1. The number of hydrogen-bond acceptors (Lipinski definition) is 5. The predicted molar refractivity (Wildman–Crippen MR) is 112 cm³/mol. The van der Waals surface area contributed by atoms with Gasteiger partial charge in [-0.2, -0.15) is 0 Å². The fraction of sp³-hybridized carbons (Fsp3) is 0. The number of nitro groups is 1. The first kappa shape index (κ1) is 19.2. The third-order valence-corrected chi connectivity index (χ3v) is 5.05. The number of furan rings is 1. The summed E-state index contributed by atoms with van der Waals surface area (Å²) in [6, 6.07) is 15.1. The summed E-state index contributed by atoms with van der Waals surface area (Å²) < 4.78 is 12.0. The SMILES string of the molecule is O=C1OC(c2ccc(Br)cc2)=C/C1=C/c1ccc(-c2ccc(Cl)c([N+](=O)[O-])c2)o1. The molecule has 8 heteroatoms. The zero-order valence-corrected chi connectivity index (χ0v) is 16.9. The van der Waals surface area contributed by atoms with E-state index in [4.69, 9.17) is 20.8 Å². The van der Waals surface area contributed by atoms with Crippen LogP contribution in [-0.4, -0.2) is 10.9 Å². The normalized spacial score (nSPS) is 14.8. The molecule has 0 bridgehead atoms. The average molecular weight is 473 g/mol. The van der Waals surface area contributed by atoms with Gasteiger partial charge in [0.1, 0.15) is 22.3 Å². The second-order valence-corrected chi connectivity index (χ2v) is 7.45. The maximum atomic E-state index is 12.2. The van der Waals surface area contributed by atoms with Crippen molar-refractivity contribution in [3.05, 3.63) is 97.2 Å². The first-order valence-electron chi connectivity index (χ1n) is 8.36. The Morgan fingerprint density at radius 2 is 1.76 bits per heavy atom. The highest BCUT2D eigenvalue weighted by Gasteiger charge is 2.22. The number of esters is 1. The number of cyclic esters (lactones) is 1. The van der Waals surface area contributed by atoms with E-state index in [1.54, 1.807) is 30.4 Å². The van der Waals surface area contributed by atoms with Gasteiger partial charge in [0, 0.05) is 21.7 Å². The maximum Gasteiger partial charge on any atom is 0.343 e. The molecule has 0 radical (unpaired) electrons. The van der Waals surface area contributed by atoms with Crippen LogP contribution in [0.3, 0.4) is 0 Å². The maximum absolute atomic E-state index is 12.2. The van der Waals surface area contributed by atoms with Crippen molar-refractivity contribution >= 4 is 51.0 Å². The van der Waals surface area contributed by atoms with Crippen LogP contribution in [0, 0.1) is 10.1 Å². The molecule has 0 atom stereocenters. The zero-order chi connectivity index (χ0) is 20.5. The number of benzene rings is 2. The fourth-order valence-electron chi connectivity index (χ4n) is 2.79. The van der Waals surface area contributed by atoms with E-state index in [1.807, 2.05) is 24.3 Å². The summed E-state index contributed by atoms with van der Waals surface area (Å²) >= 11 is 9.21. The molecule has 29 heavy (non-hydrogen) atoms. The number of carbonyl (C=O) groups is 1. The van der Waals surface area contributed by atoms with Crippen LogP contribution in [0.25, 0.3) is 23.2 Å². The fourth-order valence-corrected chi connectivity index (χ4v) is 3.24. The minimum Gasteiger partial charge on any atom is -0.457 e. The molecule has 0 unspecified atom stereocenters.